The molecular weight excluding hydrogens is 404 g/mol. The predicted molar refractivity (Wildman–Crippen MR) is 128 cm³/mol. The summed E-state index contributed by atoms with van der Waals surface area (Å²) in [7, 11) is 0. The minimum absolute atomic E-state index is 0.0673. The van der Waals surface area contributed by atoms with Gasteiger partial charge < -0.3 is 14.7 Å². The van der Waals surface area contributed by atoms with E-state index in [1.54, 1.807) is 6.07 Å². The van der Waals surface area contributed by atoms with E-state index in [0.717, 1.165) is 42.9 Å². The summed E-state index contributed by atoms with van der Waals surface area (Å²) >= 11 is 0. The number of carbonyl (C=O) groups excluding carboxylic acids is 1. The normalized spacial score (nSPS) is 17.0. The van der Waals surface area contributed by atoms with E-state index in [0.29, 0.717) is 32.1 Å². The van der Waals surface area contributed by atoms with Gasteiger partial charge in [-0.1, -0.05) is 26.0 Å². The fourth-order valence-corrected chi connectivity index (χ4v) is 4.61. The number of nitrogens with zero attached hydrogens (tertiary/aromatic N) is 4. The van der Waals surface area contributed by atoms with Gasteiger partial charge in [0.1, 0.15) is 5.69 Å². The molecule has 32 heavy (non-hydrogen) atoms. The third-order valence-electron chi connectivity index (χ3n) is 6.61. The lowest BCUT2D eigenvalue weighted by atomic mass is 10.0. The summed E-state index contributed by atoms with van der Waals surface area (Å²) in [5.74, 6) is 0.511. The first-order valence-electron chi connectivity index (χ1n) is 11.6. The molecule has 0 saturated carbocycles. The van der Waals surface area contributed by atoms with E-state index in [1.807, 2.05) is 41.3 Å². The SMILES string of the molecule is CC(C)c1ccc(C(=O)N2CCN(c3ccc([N+](=O)[O-])c(N4CCCCC4)c3)CC2)cc1. The first kappa shape index (κ1) is 22.1. The van der Waals surface area contributed by atoms with Gasteiger partial charge in [-0.25, -0.2) is 0 Å². The topological polar surface area (TPSA) is 69.9 Å². The minimum atomic E-state index is -0.283. The monoisotopic (exact) mass is 436 g/mol. The summed E-state index contributed by atoms with van der Waals surface area (Å²) in [6.07, 6.45) is 3.32. The molecule has 4 rings (SSSR count). The van der Waals surface area contributed by atoms with Gasteiger partial charge in [-0.15, -0.1) is 0 Å². The van der Waals surface area contributed by atoms with Crippen LogP contribution in [-0.2, 0) is 0 Å². The Morgan fingerprint density at radius 1 is 0.875 bits per heavy atom. The van der Waals surface area contributed by atoms with Crippen molar-refractivity contribution >= 4 is 23.0 Å². The van der Waals surface area contributed by atoms with Crippen LogP contribution in [0.15, 0.2) is 42.5 Å². The number of hydrogen-bond donors (Lipinski definition) is 0. The highest BCUT2D eigenvalue weighted by Crippen LogP contribution is 2.34. The molecule has 0 radical (unpaired) electrons. The van der Waals surface area contributed by atoms with Crippen molar-refractivity contribution < 1.29 is 9.72 Å². The van der Waals surface area contributed by atoms with E-state index in [4.69, 9.17) is 0 Å². The van der Waals surface area contributed by atoms with Crippen LogP contribution in [0, 0.1) is 10.1 Å². The molecule has 0 unspecified atom stereocenters. The molecule has 0 aliphatic carbocycles. The van der Waals surface area contributed by atoms with Crippen LogP contribution in [0.1, 0.15) is 54.9 Å². The maximum Gasteiger partial charge on any atom is 0.292 e. The average Bonchev–Trinajstić information content (AvgIpc) is 2.84. The highest BCUT2D eigenvalue weighted by Gasteiger charge is 2.26. The first-order valence-corrected chi connectivity index (χ1v) is 11.6. The molecule has 2 saturated heterocycles. The van der Waals surface area contributed by atoms with Gasteiger partial charge in [0, 0.05) is 56.6 Å². The van der Waals surface area contributed by atoms with E-state index < -0.39 is 0 Å². The lowest BCUT2D eigenvalue weighted by Gasteiger charge is -2.37. The van der Waals surface area contributed by atoms with Gasteiger partial charge >= 0.3 is 0 Å². The molecule has 7 nitrogen and oxygen atoms in total. The lowest BCUT2D eigenvalue weighted by molar-refractivity contribution is -0.384. The van der Waals surface area contributed by atoms with Crippen molar-refractivity contribution in [1.29, 1.82) is 0 Å². The summed E-state index contributed by atoms with van der Waals surface area (Å²) in [5, 5.41) is 11.6. The standard InChI is InChI=1S/C25H32N4O3/c1-19(2)20-6-8-21(9-7-20)25(30)28-16-14-26(15-17-28)22-10-11-23(29(31)32)24(18-22)27-12-4-3-5-13-27/h6-11,18-19H,3-5,12-17H2,1-2H3. The van der Waals surface area contributed by atoms with Crippen LogP contribution in [0.3, 0.4) is 0 Å². The number of piperidine rings is 1. The number of benzene rings is 2. The van der Waals surface area contributed by atoms with Crippen LogP contribution in [0.25, 0.3) is 0 Å². The van der Waals surface area contributed by atoms with E-state index in [-0.39, 0.29) is 16.5 Å². The molecular formula is C25H32N4O3. The second-order valence-corrected chi connectivity index (χ2v) is 9.03. The third kappa shape index (κ3) is 4.71. The second-order valence-electron chi connectivity index (χ2n) is 9.03. The Balaban J connectivity index is 1.44. The molecule has 2 aromatic rings. The minimum Gasteiger partial charge on any atom is -0.368 e. The van der Waals surface area contributed by atoms with E-state index in [9.17, 15) is 14.9 Å². The van der Waals surface area contributed by atoms with Crippen molar-refractivity contribution in [3.63, 3.8) is 0 Å². The van der Waals surface area contributed by atoms with Gasteiger partial charge in [0.2, 0.25) is 0 Å². The number of rotatable bonds is 5. The summed E-state index contributed by atoms with van der Waals surface area (Å²) in [4.78, 5) is 30.5. The number of nitro benzene ring substituents is 1. The van der Waals surface area contributed by atoms with Gasteiger partial charge in [0.15, 0.2) is 0 Å². The fraction of sp³-hybridized carbons (Fsp3) is 0.480. The summed E-state index contributed by atoms with van der Waals surface area (Å²) in [6.45, 7) is 8.72. The molecule has 2 aromatic carbocycles. The summed E-state index contributed by atoms with van der Waals surface area (Å²) in [6, 6.07) is 13.4. The molecule has 1 amide bonds. The molecule has 0 spiro atoms. The van der Waals surface area contributed by atoms with Gasteiger partial charge in [0.25, 0.3) is 11.6 Å². The Labute approximate surface area is 189 Å². The second kappa shape index (κ2) is 9.59. The molecule has 2 aliphatic rings. The average molecular weight is 437 g/mol. The maximum absolute atomic E-state index is 12.9. The molecule has 0 aromatic heterocycles. The van der Waals surface area contributed by atoms with Gasteiger partial charge in [-0.05, 0) is 55.0 Å². The molecule has 7 heteroatoms. The zero-order chi connectivity index (χ0) is 22.7. The first-order chi connectivity index (χ1) is 15.4. The van der Waals surface area contributed by atoms with Gasteiger partial charge in [-0.3, -0.25) is 14.9 Å². The van der Waals surface area contributed by atoms with Crippen molar-refractivity contribution in [3.05, 3.63) is 63.7 Å². The summed E-state index contributed by atoms with van der Waals surface area (Å²) in [5.41, 5.74) is 3.84. The Hall–Kier alpha value is -3.09. The molecule has 0 bridgehead atoms. The van der Waals surface area contributed by atoms with E-state index >= 15 is 0 Å². The van der Waals surface area contributed by atoms with Crippen LogP contribution in [0.5, 0.6) is 0 Å². The largest absolute Gasteiger partial charge is 0.368 e. The van der Waals surface area contributed by atoms with Crippen molar-refractivity contribution in [3.8, 4) is 0 Å². The zero-order valence-electron chi connectivity index (χ0n) is 19.0. The van der Waals surface area contributed by atoms with Gasteiger partial charge in [0.05, 0.1) is 4.92 Å². The number of amides is 1. The number of piperazine rings is 1. The highest BCUT2D eigenvalue weighted by atomic mass is 16.6. The van der Waals surface area contributed by atoms with E-state index in [2.05, 4.69) is 23.6 Å². The fourth-order valence-electron chi connectivity index (χ4n) is 4.61. The summed E-state index contributed by atoms with van der Waals surface area (Å²) < 4.78 is 0. The smallest absolute Gasteiger partial charge is 0.292 e. The number of carbonyl (C=O) groups is 1. The Kier molecular flexibility index (Phi) is 6.63. The molecule has 2 fully saturated rings. The van der Waals surface area contributed by atoms with E-state index in [1.165, 1.54) is 12.0 Å². The number of anilines is 2. The predicted octanol–water partition coefficient (Wildman–Crippen LogP) is 4.67. The molecule has 170 valence electrons. The number of nitro groups is 1. The quantitative estimate of drug-likeness (QED) is 0.503. The number of hydrogen-bond acceptors (Lipinski definition) is 5. The van der Waals surface area contributed by atoms with Crippen LogP contribution in [-0.4, -0.2) is 55.0 Å². The van der Waals surface area contributed by atoms with Crippen LogP contribution in [0.4, 0.5) is 17.1 Å². The zero-order valence-corrected chi connectivity index (χ0v) is 19.0. The van der Waals surface area contributed by atoms with Crippen molar-refractivity contribution in [2.45, 2.75) is 39.0 Å². The van der Waals surface area contributed by atoms with Gasteiger partial charge in [-0.2, -0.15) is 0 Å². The highest BCUT2D eigenvalue weighted by molar-refractivity contribution is 5.94. The molecule has 2 aliphatic heterocycles. The molecule has 0 atom stereocenters. The lowest BCUT2D eigenvalue weighted by Crippen LogP contribution is -2.48. The Morgan fingerprint density at radius 3 is 2.12 bits per heavy atom. The van der Waals surface area contributed by atoms with Crippen molar-refractivity contribution in [2.24, 2.45) is 0 Å². The molecule has 2 heterocycles. The maximum atomic E-state index is 12.9. The Morgan fingerprint density at radius 2 is 1.53 bits per heavy atom. The van der Waals surface area contributed by atoms with Crippen molar-refractivity contribution in [1.82, 2.24) is 4.90 Å². The Bertz CT molecular complexity index is 960. The van der Waals surface area contributed by atoms with Crippen LogP contribution >= 0.6 is 0 Å². The third-order valence-corrected chi connectivity index (χ3v) is 6.61. The molecule has 0 N–H and O–H groups in total. The van der Waals surface area contributed by atoms with Crippen molar-refractivity contribution in [2.75, 3.05) is 49.1 Å². The van der Waals surface area contributed by atoms with Crippen LogP contribution in [0.2, 0.25) is 0 Å². The van der Waals surface area contributed by atoms with Crippen LogP contribution < -0.4 is 9.80 Å².